The third kappa shape index (κ3) is 1.94. The Morgan fingerprint density at radius 3 is 2.56 bits per heavy atom. The summed E-state index contributed by atoms with van der Waals surface area (Å²) in [5.41, 5.74) is 2.34. The minimum absolute atomic E-state index is 0.411. The lowest BCUT2D eigenvalue weighted by Crippen LogP contribution is -1.88. The normalized spacial score (nSPS) is 10.8. The minimum atomic E-state index is 0.411. The highest BCUT2D eigenvalue weighted by Gasteiger charge is 2.10. The number of halogens is 2. The van der Waals surface area contributed by atoms with Gasteiger partial charge in [0.1, 0.15) is 5.15 Å². The van der Waals surface area contributed by atoms with Crippen LogP contribution in [0, 0.1) is 0 Å². The summed E-state index contributed by atoms with van der Waals surface area (Å²) < 4.78 is 0. The Labute approximate surface area is 114 Å². The highest BCUT2D eigenvalue weighted by atomic mass is 35.5. The first-order valence-corrected chi connectivity index (χ1v) is 6.17. The number of hydrogen-bond acceptors (Lipinski definition) is 2. The van der Waals surface area contributed by atoms with Crippen molar-refractivity contribution in [3.63, 3.8) is 0 Å². The monoisotopic (exact) mass is 274 g/mol. The Bertz CT molecular complexity index is 726. The Balaban J connectivity index is 2.30. The second kappa shape index (κ2) is 4.56. The van der Waals surface area contributed by atoms with E-state index in [-0.39, 0.29) is 0 Å². The van der Waals surface area contributed by atoms with E-state index in [1.165, 1.54) is 0 Å². The summed E-state index contributed by atoms with van der Waals surface area (Å²) in [6.07, 6.45) is 1.70. The van der Waals surface area contributed by atoms with Gasteiger partial charge in [0.15, 0.2) is 5.65 Å². The van der Waals surface area contributed by atoms with Crippen LogP contribution in [0.15, 0.2) is 48.7 Å². The van der Waals surface area contributed by atoms with E-state index in [1.807, 2.05) is 42.5 Å². The van der Waals surface area contributed by atoms with Gasteiger partial charge < -0.3 is 0 Å². The molecule has 0 saturated carbocycles. The van der Waals surface area contributed by atoms with Crippen LogP contribution in [0.4, 0.5) is 0 Å². The molecule has 3 rings (SSSR count). The average Bonchev–Trinajstić information content (AvgIpc) is 2.39. The molecule has 0 radical (unpaired) electrons. The zero-order valence-corrected chi connectivity index (χ0v) is 10.8. The van der Waals surface area contributed by atoms with Crippen molar-refractivity contribution in [2.24, 2.45) is 0 Å². The molecule has 2 nitrogen and oxygen atoms in total. The fourth-order valence-corrected chi connectivity index (χ4v) is 2.33. The van der Waals surface area contributed by atoms with Crippen molar-refractivity contribution in [3.05, 3.63) is 58.8 Å². The molecule has 0 amide bonds. The fourth-order valence-electron chi connectivity index (χ4n) is 1.85. The van der Waals surface area contributed by atoms with Crippen LogP contribution in [0.2, 0.25) is 10.2 Å². The third-order valence-electron chi connectivity index (χ3n) is 2.71. The summed E-state index contributed by atoms with van der Waals surface area (Å²) >= 11 is 12.4. The maximum atomic E-state index is 6.20. The van der Waals surface area contributed by atoms with Gasteiger partial charge in [0.25, 0.3) is 0 Å². The van der Waals surface area contributed by atoms with Crippen LogP contribution in [0.25, 0.3) is 22.2 Å². The molecule has 3 aromatic rings. The first-order valence-electron chi connectivity index (χ1n) is 5.42. The van der Waals surface area contributed by atoms with Crippen LogP contribution in [0.1, 0.15) is 0 Å². The van der Waals surface area contributed by atoms with Crippen molar-refractivity contribution in [3.8, 4) is 11.1 Å². The Morgan fingerprint density at radius 1 is 0.889 bits per heavy atom. The molecule has 1 aromatic carbocycles. The summed E-state index contributed by atoms with van der Waals surface area (Å²) in [6.45, 7) is 0. The van der Waals surface area contributed by atoms with Crippen molar-refractivity contribution in [2.45, 2.75) is 0 Å². The van der Waals surface area contributed by atoms with Gasteiger partial charge in [-0.3, -0.25) is 0 Å². The predicted octanol–water partition coefficient (Wildman–Crippen LogP) is 4.60. The van der Waals surface area contributed by atoms with Gasteiger partial charge in [0.05, 0.1) is 0 Å². The van der Waals surface area contributed by atoms with Crippen LogP contribution in [-0.4, -0.2) is 9.97 Å². The molecule has 0 atom stereocenters. The molecule has 0 N–H and O–H groups in total. The van der Waals surface area contributed by atoms with E-state index >= 15 is 0 Å². The lowest BCUT2D eigenvalue weighted by Gasteiger charge is -2.07. The molecular formula is C14H8Cl2N2. The van der Waals surface area contributed by atoms with Gasteiger partial charge >= 0.3 is 0 Å². The van der Waals surface area contributed by atoms with E-state index in [4.69, 9.17) is 23.2 Å². The van der Waals surface area contributed by atoms with E-state index in [0.29, 0.717) is 15.8 Å². The van der Waals surface area contributed by atoms with Crippen LogP contribution in [0.5, 0.6) is 0 Å². The van der Waals surface area contributed by atoms with E-state index in [1.54, 1.807) is 6.20 Å². The molecule has 0 fully saturated rings. The van der Waals surface area contributed by atoms with Crippen molar-refractivity contribution < 1.29 is 0 Å². The Morgan fingerprint density at radius 2 is 1.72 bits per heavy atom. The summed E-state index contributed by atoms with van der Waals surface area (Å²) in [6, 6.07) is 13.3. The van der Waals surface area contributed by atoms with Crippen LogP contribution < -0.4 is 0 Å². The topological polar surface area (TPSA) is 25.8 Å². The van der Waals surface area contributed by atoms with Gasteiger partial charge in [-0.2, -0.15) is 0 Å². The number of nitrogens with zero attached hydrogens (tertiary/aromatic N) is 2. The first-order chi connectivity index (χ1) is 8.75. The lowest BCUT2D eigenvalue weighted by atomic mass is 10.1. The minimum Gasteiger partial charge on any atom is -0.237 e. The van der Waals surface area contributed by atoms with E-state index in [0.717, 1.165) is 16.5 Å². The molecule has 0 spiro atoms. The third-order valence-corrected chi connectivity index (χ3v) is 3.32. The molecule has 4 heteroatoms. The smallest absolute Gasteiger partial charge is 0.160 e. The standard InChI is InChI=1S/C14H8Cl2N2/c15-12-6-2-1-5-10(12)11-8-9-4-3-7-17-14(9)18-13(11)16/h1-8H. The maximum absolute atomic E-state index is 6.20. The number of fused-ring (bicyclic) bond motifs is 1. The van der Waals surface area contributed by atoms with Crippen LogP contribution in [0.3, 0.4) is 0 Å². The first kappa shape index (κ1) is 11.5. The molecule has 0 aliphatic carbocycles. The van der Waals surface area contributed by atoms with Crippen molar-refractivity contribution >= 4 is 34.2 Å². The largest absolute Gasteiger partial charge is 0.237 e. The molecule has 2 aromatic heterocycles. The van der Waals surface area contributed by atoms with Gasteiger partial charge in [-0.1, -0.05) is 41.4 Å². The highest BCUT2D eigenvalue weighted by molar-refractivity contribution is 6.36. The second-order valence-electron chi connectivity index (χ2n) is 3.86. The molecule has 2 heterocycles. The molecule has 0 aliphatic rings. The molecule has 0 saturated heterocycles. The van der Waals surface area contributed by atoms with E-state index in [9.17, 15) is 0 Å². The van der Waals surface area contributed by atoms with E-state index < -0.39 is 0 Å². The number of hydrogen-bond donors (Lipinski definition) is 0. The van der Waals surface area contributed by atoms with Crippen molar-refractivity contribution in [1.29, 1.82) is 0 Å². The Hall–Kier alpha value is -1.64. The van der Waals surface area contributed by atoms with E-state index in [2.05, 4.69) is 9.97 Å². The Kier molecular flexibility index (Phi) is 2.90. The van der Waals surface area contributed by atoms with Gasteiger partial charge in [-0.15, -0.1) is 0 Å². The maximum Gasteiger partial charge on any atom is 0.160 e. The van der Waals surface area contributed by atoms with Gasteiger partial charge in [0.2, 0.25) is 0 Å². The fraction of sp³-hybridized carbons (Fsp3) is 0. The number of pyridine rings is 2. The highest BCUT2D eigenvalue weighted by Crippen LogP contribution is 2.33. The van der Waals surface area contributed by atoms with Gasteiger partial charge in [0, 0.05) is 27.7 Å². The van der Waals surface area contributed by atoms with Crippen molar-refractivity contribution in [1.82, 2.24) is 9.97 Å². The summed E-state index contributed by atoms with van der Waals surface area (Å²) in [5.74, 6) is 0. The quantitative estimate of drug-likeness (QED) is 0.606. The zero-order valence-electron chi connectivity index (χ0n) is 9.27. The van der Waals surface area contributed by atoms with Crippen LogP contribution >= 0.6 is 23.2 Å². The summed E-state index contributed by atoms with van der Waals surface area (Å²) in [7, 11) is 0. The molecular weight excluding hydrogens is 267 g/mol. The number of aromatic nitrogens is 2. The summed E-state index contributed by atoms with van der Waals surface area (Å²) in [4.78, 5) is 8.46. The molecule has 0 unspecified atom stereocenters. The SMILES string of the molecule is Clc1ccccc1-c1cc2cccnc2nc1Cl. The van der Waals surface area contributed by atoms with Gasteiger partial charge in [-0.25, -0.2) is 9.97 Å². The zero-order chi connectivity index (χ0) is 12.5. The number of benzene rings is 1. The number of rotatable bonds is 1. The lowest BCUT2D eigenvalue weighted by molar-refractivity contribution is 1.29. The molecule has 88 valence electrons. The molecule has 18 heavy (non-hydrogen) atoms. The average molecular weight is 275 g/mol. The molecule has 0 aliphatic heterocycles. The predicted molar refractivity (Wildman–Crippen MR) is 75.0 cm³/mol. The van der Waals surface area contributed by atoms with Crippen molar-refractivity contribution in [2.75, 3.05) is 0 Å². The molecule has 0 bridgehead atoms. The van der Waals surface area contributed by atoms with Crippen LogP contribution in [-0.2, 0) is 0 Å². The summed E-state index contributed by atoms with van der Waals surface area (Å²) in [5, 5.41) is 2.01. The second-order valence-corrected chi connectivity index (χ2v) is 4.62. The van der Waals surface area contributed by atoms with Gasteiger partial charge in [-0.05, 0) is 24.3 Å².